The summed E-state index contributed by atoms with van der Waals surface area (Å²) < 4.78 is 6.34. The third kappa shape index (κ3) is 2.67. The number of hydrogen-bond acceptors (Lipinski definition) is 3. The van der Waals surface area contributed by atoms with Crippen molar-refractivity contribution in [1.82, 2.24) is 4.90 Å². The topological polar surface area (TPSA) is 32.7 Å². The molecular weight excluding hydrogens is 214 g/mol. The van der Waals surface area contributed by atoms with Crippen LogP contribution in [0, 0.1) is 0 Å². The Kier molecular flexibility index (Phi) is 3.42. The number of rotatable bonds is 2. The number of nitrogens with zero attached hydrogens (tertiary/aromatic N) is 1. The van der Waals surface area contributed by atoms with Gasteiger partial charge >= 0.3 is 0 Å². The first-order valence-electron chi connectivity index (χ1n) is 7.34. The van der Waals surface area contributed by atoms with Crippen molar-refractivity contribution in [1.29, 1.82) is 0 Å². The van der Waals surface area contributed by atoms with E-state index in [1.807, 2.05) is 0 Å². The van der Waals surface area contributed by atoms with Crippen LogP contribution in [0.15, 0.2) is 0 Å². The smallest absolute Gasteiger partial charge is 0.0710 e. The fourth-order valence-electron chi connectivity index (χ4n) is 3.80. The lowest BCUT2D eigenvalue weighted by molar-refractivity contribution is -0.0521. The van der Waals surface area contributed by atoms with Gasteiger partial charge in [-0.2, -0.15) is 0 Å². The van der Waals surface area contributed by atoms with Gasteiger partial charge in [-0.15, -0.1) is 0 Å². The Labute approximate surface area is 104 Å². The largest absolute Gasteiger partial charge is 0.393 e. The molecule has 0 bridgehead atoms. The van der Waals surface area contributed by atoms with Crippen LogP contribution < -0.4 is 0 Å². The number of likely N-dealkylation sites (tertiary alicyclic amines) is 1. The van der Waals surface area contributed by atoms with Crippen LogP contribution in [0.25, 0.3) is 0 Å². The van der Waals surface area contributed by atoms with Gasteiger partial charge in [0.1, 0.15) is 0 Å². The maximum Gasteiger partial charge on any atom is 0.0710 e. The van der Waals surface area contributed by atoms with Gasteiger partial charge in [-0.3, -0.25) is 0 Å². The Balaban J connectivity index is 1.47. The summed E-state index contributed by atoms with van der Waals surface area (Å²) in [5.74, 6) is 0. The van der Waals surface area contributed by atoms with E-state index in [1.165, 1.54) is 38.5 Å². The average molecular weight is 239 g/mol. The molecule has 1 atom stereocenters. The highest BCUT2D eigenvalue weighted by molar-refractivity contribution is 4.93. The predicted octanol–water partition coefficient (Wildman–Crippen LogP) is 1.93. The molecule has 1 spiro atoms. The Morgan fingerprint density at radius 1 is 1.06 bits per heavy atom. The van der Waals surface area contributed by atoms with Crippen LogP contribution in [-0.4, -0.2) is 47.4 Å². The fraction of sp³-hybridized carbons (Fsp3) is 1.00. The van der Waals surface area contributed by atoms with E-state index in [9.17, 15) is 5.11 Å². The molecule has 2 aliphatic heterocycles. The molecule has 0 radical (unpaired) electrons. The van der Waals surface area contributed by atoms with Gasteiger partial charge in [-0.05, 0) is 38.5 Å². The van der Waals surface area contributed by atoms with E-state index in [0.717, 1.165) is 32.5 Å². The summed E-state index contributed by atoms with van der Waals surface area (Å²) >= 11 is 0. The summed E-state index contributed by atoms with van der Waals surface area (Å²) in [5.41, 5.74) is 0.278. The van der Waals surface area contributed by atoms with Crippen molar-refractivity contribution in [2.75, 3.05) is 19.6 Å². The minimum atomic E-state index is -0.0584. The number of aliphatic hydroxyl groups is 1. The maximum atomic E-state index is 9.50. The van der Waals surface area contributed by atoms with Gasteiger partial charge in [0.15, 0.2) is 0 Å². The molecule has 0 aromatic carbocycles. The van der Waals surface area contributed by atoms with Crippen LogP contribution >= 0.6 is 0 Å². The summed E-state index contributed by atoms with van der Waals surface area (Å²) in [6, 6.07) is 0. The highest BCUT2D eigenvalue weighted by Crippen LogP contribution is 2.43. The van der Waals surface area contributed by atoms with Crippen LogP contribution in [0.4, 0.5) is 0 Å². The third-order valence-electron chi connectivity index (χ3n) is 4.87. The number of hydrogen-bond donors (Lipinski definition) is 1. The molecular formula is C14H25NO2. The molecule has 0 aromatic heterocycles. The van der Waals surface area contributed by atoms with Crippen molar-refractivity contribution in [3.05, 3.63) is 0 Å². The Morgan fingerprint density at radius 3 is 2.47 bits per heavy atom. The molecule has 2 saturated heterocycles. The van der Waals surface area contributed by atoms with Crippen molar-refractivity contribution in [2.45, 2.75) is 69.2 Å². The molecule has 1 unspecified atom stereocenters. The van der Waals surface area contributed by atoms with E-state index in [1.54, 1.807) is 0 Å². The summed E-state index contributed by atoms with van der Waals surface area (Å²) in [4.78, 5) is 2.48. The normalized spacial score (nSPS) is 34.8. The lowest BCUT2D eigenvalue weighted by Crippen LogP contribution is -2.41. The molecule has 3 fully saturated rings. The fourth-order valence-corrected chi connectivity index (χ4v) is 3.80. The van der Waals surface area contributed by atoms with Crippen LogP contribution in [-0.2, 0) is 4.74 Å². The zero-order valence-corrected chi connectivity index (χ0v) is 10.7. The van der Waals surface area contributed by atoms with E-state index in [-0.39, 0.29) is 11.7 Å². The van der Waals surface area contributed by atoms with E-state index >= 15 is 0 Å². The van der Waals surface area contributed by atoms with Gasteiger partial charge in [0.25, 0.3) is 0 Å². The van der Waals surface area contributed by atoms with Crippen LogP contribution in [0.1, 0.15) is 51.4 Å². The molecule has 3 aliphatic rings. The molecule has 0 amide bonds. The molecule has 17 heavy (non-hydrogen) atoms. The van der Waals surface area contributed by atoms with Gasteiger partial charge in [0.05, 0.1) is 17.8 Å². The first-order chi connectivity index (χ1) is 8.26. The van der Waals surface area contributed by atoms with Crippen LogP contribution in [0.3, 0.4) is 0 Å². The Bertz CT molecular complexity index is 255. The van der Waals surface area contributed by atoms with E-state index in [0.29, 0.717) is 6.10 Å². The second-order valence-electron chi connectivity index (χ2n) is 6.20. The highest BCUT2D eigenvalue weighted by atomic mass is 16.5. The number of ether oxygens (including phenoxy) is 1. The second kappa shape index (κ2) is 4.87. The first kappa shape index (κ1) is 11.9. The summed E-state index contributed by atoms with van der Waals surface area (Å²) in [5, 5.41) is 9.50. The van der Waals surface area contributed by atoms with E-state index < -0.39 is 0 Å². The quantitative estimate of drug-likeness (QED) is 0.799. The molecule has 3 nitrogen and oxygen atoms in total. The molecule has 1 saturated carbocycles. The van der Waals surface area contributed by atoms with Crippen LogP contribution in [0.5, 0.6) is 0 Å². The maximum absolute atomic E-state index is 9.50. The lowest BCUT2D eigenvalue weighted by atomic mass is 9.98. The van der Waals surface area contributed by atoms with Gasteiger partial charge in [0, 0.05) is 19.6 Å². The first-order valence-corrected chi connectivity index (χ1v) is 7.34. The van der Waals surface area contributed by atoms with Gasteiger partial charge in [-0.1, -0.05) is 12.8 Å². The van der Waals surface area contributed by atoms with Gasteiger partial charge < -0.3 is 14.7 Å². The predicted molar refractivity (Wildman–Crippen MR) is 67.0 cm³/mol. The zero-order chi connectivity index (χ0) is 11.7. The SMILES string of the molecule is OC1CCN(CC2CCC3(CCCC3)O2)CC1. The third-order valence-corrected chi connectivity index (χ3v) is 4.87. The minimum Gasteiger partial charge on any atom is -0.393 e. The molecule has 1 N–H and O–H groups in total. The standard InChI is InChI=1S/C14H25NO2/c16-12-4-9-15(10-5-12)11-13-3-8-14(17-13)6-1-2-7-14/h12-13,16H,1-11H2. The average Bonchev–Trinajstić information content (AvgIpc) is 2.94. The minimum absolute atomic E-state index is 0.0584. The molecule has 3 heteroatoms. The molecule has 2 heterocycles. The van der Waals surface area contributed by atoms with E-state index in [2.05, 4.69) is 4.90 Å². The van der Waals surface area contributed by atoms with Crippen molar-refractivity contribution in [2.24, 2.45) is 0 Å². The zero-order valence-electron chi connectivity index (χ0n) is 10.7. The van der Waals surface area contributed by atoms with E-state index in [4.69, 9.17) is 4.74 Å². The van der Waals surface area contributed by atoms with Crippen molar-refractivity contribution < 1.29 is 9.84 Å². The highest BCUT2D eigenvalue weighted by Gasteiger charge is 2.42. The van der Waals surface area contributed by atoms with Gasteiger partial charge in [-0.25, -0.2) is 0 Å². The molecule has 1 aliphatic carbocycles. The Morgan fingerprint density at radius 2 is 1.76 bits per heavy atom. The lowest BCUT2D eigenvalue weighted by Gasteiger charge is -2.32. The molecule has 0 aromatic rings. The van der Waals surface area contributed by atoms with Crippen molar-refractivity contribution >= 4 is 0 Å². The second-order valence-corrected chi connectivity index (χ2v) is 6.20. The Hall–Kier alpha value is -0.120. The van der Waals surface area contributed by atoms with Crippen molar-refractivity contribution in [3.63, 3.8) is 0 Å². The van der Waals surface area contributed by atoms with Crippen LogP contribution in [0.2, 0.25) is 0 Å². The molecule has 98 valence electrons. The van der Waals surface area contributed by atoms with Crippen molar-refractivity contribution in [3.8, 4) is 0 Å². The summed E-state index contributed by atoms with van der Waals surface area (Å²) in [7, 11) is 0. The number of piperidine rings is 1. The monoisotopic (exact) mass is 239 g/mol. The summed E-state index contributed by atoms with van der Waals surface area (Å²) in [6.45, 7) is 3.19. The number of aliphatic hydroxyl groups excluding tert-OH is 1. The molecule has 3 rings (SSSR count). The van der Waals surface area contributed by atoms with Gasteiger partial charge in [0.2, 0.25) is 0 Å². The summed E-state index contributed by atoms with van der Waals surface area (Å²) in [6.07, 6.45) is 10.1.